The molecule has 0 aromatic heterocycles. The lowest BCUT2D eigenvalue weighted by molar-refractivity contribution is -0.128. The van der Waals surface area contributed by atoms with E-state index in [-0.39, 0.29) is 23.7 Å². The van der Waals surface area contributed by atoms with Crippen molar-refractivity contribution >= 4 is 53.3 Å². The molecule has 2 aliphatic heterocycles. The first-order valence-electron chi connectivity index (χ1n) is 7.73. The van der Waals surface area contributed by atoms with Gasteiger partial charge in [-0.15, -0.1) is 24.2 Å². The van der Waals surface area contributed by atoms with Crippen LogP contribution in [0.4, 0.5) is 0 Å². The molecule has 2 aliphatic rings. The van der Waals surface area contributed by atoms with E-state index < -0.39 is 0 Å². The summed E-state index contributed by atoms with van der Waals surface area (Å²) in [7, 11) is 0. The van der Waals surface area contributed by atoms with E-state index in [0.29, 0.717) is 15.8 Å². The fraction of sp³-hybridized carbons (Fsp3) is 0.562. The van der Waals surface area contributed by atoms with Crippen molar-refractivity contribution in [2.45, 2.75) is 24.6 Å². The van der Waals surface area contributed by atoms with Crippen molar-refractivity contribution in [3.05, 3.63) is 33.8 Å². The molecular weight excluding hydrogens is 375 g/mol. The Morgan fingerprint density at radius 2 is 1.87 bits per heavy atom. The lowest BCUT2D eigenvalue weighted by Crippen LogP contribution is -2.39. The molecule has 1 amide bonds. The van der Waals surface area contributed by atoms with Gasteiger partial charge < -0.3 is 9.80 Å². The van der Waals surface area contributed by atoms with Gasteiger partial charge in [0.2, 0.25) is 5.91 Å². The highest BCUT2D eigenvalue weighted by Gasteiger charge is 2.34. The van der Waals surface area contributed by atoms with Crippen LogP contribution in [0.1, 0.15) is 30.2 Å². The minimum atomic E-state index is 0. The Kier molecular flexibility index (Phi) is 7.36. The number of nitrogens with zero attached hydrogens (tertiary/aromatic N) is 2. The molecule has 3 nitrogen and oxygen atoms in total. The summed E-state index contributed by atoms with van der Waals surface area (Å²) < 4.78 is 0. The Bertz CT molecular complexity index is 552. The van der Waals surface area contributed by atoms with Crippen LogP contribution in [0.15, 0.2) is 18.2 Å². The molecular formula is C16H21Cl3N2OS. The summed E-state index contributed by atoms with van der Waals surface area (Å²) in [6.07, 6.45) is 3.88. The van der Waals surface area contributed by atoms with Gasteiger partial charge in [0.05, 0.1) is 5.75 Å². The zero-order valence-corrected chi connectivity index (χ0v) is 16.0. The van der Waals surface area contributed by atoms with Crippen molar-refractivity contribution in [3.63, 3.8) is 0 Å². The van der Waals surface area contributed by atoms with Crippen LogP contribution in [0.2, 0.25) is 10.0 Å². The number of carbonyl (C=O) groups is 1. The fourth-order valence-electron chi connectivity index (χ4n) is 3.09. The Hall–Kier alpha value is -0.130. The number of rotatable bonds is 4. The van der Waals surface area contributed by atoms with Crippen molar-refractivity contribution in [3.8, 4) is 0 Å². The standard InChI is InChI=1S/C16H20Cl2N2OS.ClH/c17-12-4-5-13(14(18)10-12)16-20(15(21)11-22-16)9-8-19-6-2-1-3-7-19;/h4-5,10,16H,1-3,6-9,11H2;1H. The van der Waals surface area contributed by atoms with Gasteiger partial charge in [0, 0.05) is 28.7 Å². The first-order chi connectivity index (χ1) is 10.6. The van der Waals surface area contributed by atoms with Gasteiger partial charge in [0.15, 0.2) is 0 Å². The molecule has 0 radical (unpaired) electrons. The Morgan fingerprint density at radius 1 is 1.13 bits per heavy atom. The lowest BCUT2D eigenvalue weighted by Gasteiger charge is -2.31. The summed E-state index contributed by atoms with van der Waals surface area (Å²) in [5.74, 6) is 0.738. The zero-order chi connectivity index (χ0) is 15.5. The second-order valence-corrected chi connectivity index (χ2v) is 7.73. The molecule has 23 heavy (non-hydrogen) atoms. The maximum Gasteiger partial charge on any atom is 0.233 e. The average molecular weight is 396 g/mol. The highest BCUT2D eigenvalue weighted by atomic mass is 35.5. The molecule has 2 fully saturated rings. The third-order valence-corrected chi connectivity index (χ3v) is 6.10. The molecule has 1 aromatic carbocycles. The summed E-state index contributed by atoms with van der Waals surface area (Å²) in [6.45, 7) is 4.03. The first-order valence-corrected chi connectivity index (χ1v) is 9.54. The van der Waals surface area contributed by atoms with Gasteiger partial charge in [-0.1, -0.05) is 35.7 Å². The van der Waals surface area contributed by atoms with Crippen LogP contribution < -0.4 is 0 Å². The number of hydrogen-bond acceptors (Lipinski definition) is 3. The van der Waals surface area contributed by atoms with Crippen molar-refractivity contribution in [2.75, 3.05) is 31.9 Å². The Labute approximate surface area is 158 Å². The van der Waals surface area contributed by atoms with Gasteiger partial charge >= 0.3 is 0 Å². The van der Waals surface area contributed by atoms with Crippen LogP contribution in [-0.4, -0.2) is 47.6 Å². The van der Waals surface area contributed by atoms with Crippen LogP contribution in [0, 0.1) is 0 Å². The van der Waals surface area contributed by atoms with E-state index in [4.69, 9.17) is 23.2 Å². The van der Waals surface area contributed by atoms with E-state index in [0.717, 1.165) is 31.7 Å². The highest BCUT2D eigenvalue weighted by Crippen LogP contribution is 2.41. The molecule has 128 valence electrons. The van der Waals surface area contributed by atoms with E-state index in [2.05, 4.69) is 4.90 Å². The molecule has 7 heteroatoms. The number of carbonyl (C=O) groups excluding carboxylic acids is 1. The number of likely N-dealkylation sites (tertiary alicyclic amines) is 1. The van der Waals surface area contributed by atoms with E-state index in [9.17, 15) is 4.79 Å². The topological polar surface area (TPSA) is 23.6 Å². The Morgan fingerprint density at radius 3 is 2.57 bits per heavy atom. The van der Waals surface area contributed by atoms with Crippen LogP contribution in [0.5, 0.6) is 0 Å². The van der Waals surface area contributed by atoms with Crippen molar-refractivity contribution in [1.82, 2.24) is 9.80 Å². The molecule has 1 aromatic rings. The molecule has 1 atom stereocenters. The normalized spacial score (nSPS) is 22.3. The van der Waals surface area contributed by atoms with Gasteiger partial charge in [-0.3, -0.25) is 4.79 Å². The maximum atomic E-state index is 12.2. The number of halogens is 3. The number of thioether (sulfide) groups is 1. The van der Waals surface area contributed by atoms with Crippen LogP contribution >= 0.6 is 47.4 Å². The van der Waals surface area contributed by atoms with Gasteiger partial charge in [-0.05, 0) is 38.1 Å². The quantitative estimate of drug-likeness (QED) is 0.751. The molecule has 1 unspecified atom stereocenters. The molecule has 0 spiro atoms. The summed E-state index contributed by atoms with van der Waals surface area (Å²) in [5.41, 5.74) is 0.987. The smallest absolute Gasteiger partial charge is 0.233 e. The van der Waals surface area contributed by atoms with Gasteiger partial charge in [0.1, 0.15) is 5.37 Å². The van der Waals surface area contributed by atoms with Gasteiger partial charge in [0.25, 0.3) is 0 Å². The molecule has 0 bridgehead atoms. The second-order valence-electron chi connectivity index (χ2n) is 5.82. The van der Waals surface area contributed by atoms with E-state index in [1.54, 1.807) is 17.8 Å². The lowest BCUT2D eigenvalue weighted by atomic mass is 10.1. The number of benzene rings is 1. The minimum Gasteiger partial charge on any atom is -0.324 e. The van der Waals surface area contributed by atoms with Gasteiger partial charge in [-0.2, -0.15) is 0 Å². The van der Waals surface area contributed by atoms with E-state index >= 15 is 0 Å². The van der Waals surface area contributed by atoms with Crippen LogP contribution in [0.25, 0.3) is 0 Å². The number of hydrogen-bond donors (Lipinski definition) is 0. The molecule has 0 saturated carbocycles. The molecule has 2 heterocycles. The van der Waals surface area contributed by atoms with Crippen molar-refractivity contribution in [1.29, 1.82) is 0 Å². The SMILES string of the molecule is Cl.O=C1CSC(c2ccc(Cl)cc2Cl)N1CCN1CCCCC1. The largest absolute Gasteiger partial charge is 0.324 e. The summed E-state index contributed by atoms with van der Waals surface area (Å²) >= 11 is 13.9. The third kappa shape index (κ3) is 4.70. The van der Waals surface area contributed by atoms with Gasteiger partial charge in [-0.25, -0.2) is 0 Å². The Balaban J connectivity index is 0.00000192. The number of piperidine rings is 1. The summed E-state index contributed by atoms with van der Waals surface area (Å²) in [5, 5.41) is 1.28. The summed E-state index contributed by atoms with van der Waals surface area (Å²) in [6, 6.07) is 5.54. The average Bonchev–Trinajstić information content (AvgIpc) is 2.87. The van der Waals surface area contributed by atoms with E-state index in [1.807, 2.05) is 17.0 Å². The fourth-order valence-corrected chi connectivity index (χ4v) is 4.92. The molecule has 0 aliphatic carbocycles. The summed E-state index contributed by atoms with van der Waals surface area (Å²) in [4.78, 5) is 16.7. The monoisotopic (exact) mass is 394 g/mol. The predicted octanol–water partition coefficient (Wildman–Crippen LogP) is 4.48. The molecule has 3 rings (SSSR count). The molecule has 0 N–H and O–H groups in total. The second kappa shape index (κ2) is 8.82. The molecule has 2 saturated heterocycles. The van der Waals surface area contributed by atoms with Crippen molar-refractivity contribution < 1.29 is 4.79 Å². The number of amides is 1. The zero-order valence-electron chi connectivity index (χ0n) is 12.8. The third-order valence-electron chi connectivity index (χ3n) is 4.30. The predicted molar refractivity (Wildman–Crippen MR) is 101 cm³/mol. The van der Waals surface area contributed by atoms with Crippen LogP contribution in [-0.2, 0) is 4.79 Å². The highest BCUT2D eigenvalue weighted by molar-refractivity contribution is 8.00. The maximum absolute atomic E-state index is 12.2. The van der Waals surface area contributed by atoms with E-state index in [1.165, 1.54) is 19.3 Å². The minimum absolute atomic E-state index is 0. The van der Waals surface area contributed by atoms with Crippen molar-refractivity contribution in [2.24, 2.45) is 0 Å². The van der Waals surface area contributed by atoms with Crippen LogP contribution in [0.3, 0.4) is 0 Å². The first kappa shape index (κ1) is 19.2.